The lowest BCUT2D eigenvalue weighted by molar-refractivity contribution is -0.133. The van der Waals surface area contributed by atoms with E-state index in [2.05, 4.69) is 46.7 Å². The molecule has 1 aromatic heterocycles. The lowest BCUT2D eigenvalue weighted by Gasteiger charge is -2.46. The Kier molecular flexibility index (Phi) is 8.04. The van der Waals surface area contributed by atoms with Gasteiger partial charge in [-0.05, 0) is 73.8 Å². The van der Waals surface area contributed by atoms with Crippen LogP contribution in [0.4, 0.5) is 4.39 Å². The van der Waals surface area contributed by atoms with Crippen molar-refractivity contribution in [3.63, 3.8) is 0 Å². The minimum atomic E-state index is -0.662. The summed E-state index contributed by atoms with van der Waals surface area (Å²) in [6.45, 7) is 6.77. The van der Waals surface area contributed by atoms with Crippen LogP contribution in [0.5, 0.6) is 0 Å². The van der Waals surface area contributed by atoms with Gasteiger partial charge in [0.05, 0.1) is 12.6 Å². The summed E-state index contributed by atoms with van der Waals surface area (Å²) in [5, 5.41) is 16.3. The predicted octanol–water partition coefficient (Wildman–Crippen LogP) is 4.98. The fourth-order valence-electron chi connectivity index (χ4n) is 6.08. The van der Waals surface area contributed by atoms with Crippen molar-refractivity contribution in [2.45, 2.75) is 77.5 Å². The third kappa shape index (κ3) is 5.52. The van der Waals surface area contributed by atoms with Gasteiger partial charge in [-0.15, -0.1) is 10.2 Å². The van der Waals surface area contributed by atoms with Gasteiger partial charge in [0.15, 0.2) is 5.82 Å². The molecule has 0 bridgehead atoms. The van der Waals surface area contributed by atoms with E-state index in [0.717, 1.165) is 44.1 Å². The standard InChI is InChI=1S/C30H36FN7O2/c1-4-6-25(21-9-11-22(12-10-21)28(39)32-18-26-34-36-37-35-26)38-29(40)27(23-7-5-8-24(31)17-23)33-30(38)15-13-20(14-16-30)19(2)3/h5,7-12,17,19-20,25H,4,6,13-16,18H2,1-3H3,(H,32,39)(H,34,35,36,37). The highest BCUT2D eigenvalue weighted by atomic mass is 19.1. The van der Waals surface area contributed by atoms with Crippen molar-refractivity contribution in [3.05, 3.63) is 76.9 Å². The van der Waals surface area contributed by atoms with Crippen LogP contribution in [0.15, 0.2) is 53.5 Å². The molecule has 1 aliphatic carbocycles. The first-order valence-corrected chi connectivity index (χ1v) is 14.1. The molecule has 0 radical (unpaired) electrons. The van der Waals surface area contributed by atoms with E-state index >= 15 is 0 Å². The van der Waals surface area contributed by atoms with Gasteiger partial charge in [-0.3, -0.25) is 14.6 Å². The first kappa shape index (κ1) is 27.6. The number of carbonyl (C=O) groups excluding carboxylic acids is 2. The summed E-state index contributed by atoms with van der Waals surface area (Å²) in [5.74, 6) is 0.759. The van der Waals surface area contributed by atoms with Crippen molar-refractivity contribution in [2.75, 3.05) is 0 Å². The molecule has 9 nitrogen and oxygen atoms in total. The van der Waals surface area contributed by atoms with E-state index < -0.39 is 5.66 Å². The Hall–Kier alpha value is -3.95. The highest BCUT2D eigenvalue weighted by Crippen LogP contribution is 2.48. The second kappa shape index (κ2) is 11.7. The van der Waals surface area contributed by atoms with E-state index in [0.29, 0.717) is 34.5 Å². The number of halogens is 1. The molecule has 40 heavy (non-hydrogen) atoms. The molecule has 1 fully saturated rings. The monoisotopic (exact) mass is 545 g/mol. The van der Waals surface area contributed by atoms with Gasteiger partial charge in [0, 0.05) is 11.1 Å². The highest BCUT2D eigenvalue weighted by Gasteiger charge is 2.51. The van der Waals surface area contributed by atoms with Crippen LogP contribution in [-0.4, -0.2) is 48.7 Å². The number of nitrogens with zero attached hydrogens (tertiary/aromatic N) is 5. The number of hydrogen-bond donors (Lipinski definition) is 2. The van der Waals surface area contributed by atoms with Crippen LogP contribution in [0.2, 0.25) is 0 Å². The Labute approximate surface area is 233 Å². The maximum absolute atomic E-state index is 14.2. The summed E-state index contributed by atoms with van der Waals surface area (Å²) in [5.41, 5.74) is 1.64. The number of amides is 2. The maximum Gasteiger partial charge on any atom is 0.275 e. The molecule has 1 saturated carbocycles. The zero-order valence-corrected chi connectivity index (χ0v) is 23.2. The van der Waals surface area contributed by atoms with Gasteiger partial charge < -0.3 is 10.2 Å². The number of rotatable bonds is 9. The quantitative estimate of drug-likeness (QED) is 0.393. The van der Waals surface area contributed by atoms with Gasteiger partial charge in [0.1, 0.15) is 17.2 Å². The lowest BCUT2D eigenvalue weighted by atomic mass is 9.76. The van der Waals surface area contributed by atoms with Crippen LogP contribution >= 0.6 is 0 Å². The normalized spacial score (nSPS) is 21.6. The summed E-state index contributed by atoms with van der Waals surface area (Å²) in [4.78, 5) is 33.9. The number of aromatic amines is 1. The molecule has 10 heteroatoms. The molecule has 210 valence electrons. The van der Waals surface area contributed by atoms with Gasteiger partial charge in [-0.2, -0.15) is 5.21 Å². The van der Waals surface area contributed by atoms with E-state index in [1.165, 1.54) is 12.1 Å². The SMILES string of the molecule is CCCC(c1ccc(C(=O)NCc2nn[nH]n2)cc1)N1C(=O)C(c2cccc(F)c2)=NC12CCC(C(C)C)CC2. The molecule has 2 aromatic carbocycles. The maximum atomic E-state index is 14.2. The minimum Gasteiger partial charge on any atom is -0.345 e. The van der Waals surface area contributed by atoms with E-state index in [1.807, 2.05) is 17.0 Å². The van der Waals surface area contributed by atoms with Gasteiger partial charge >= 0.3 is 0 Å². The summed E-state index contributed by atoms with van der Waals surface area (Å²) >= 11 is 0. The molecule has 2 amide bonds. The molecule has 1 spiro atoms. The predicted molar refractivity (Wildman–Crippen MR) is 149 cm³/mol. The van der Waals surface area contributed by atoms with Crippen molar-refractivity contribution in [2.24, 2.45) is 16.8 Å². The fourth-order valence-corrected chi connectivity index (χ4v) is 6.08. The van der Waals surface area contributed by atoms with Gasteiger partial charge in [0.2, 0.25) is 0 Å². The molecule has 0 saturated heterocycles. The smallest absolute Gasteiger partial charge is 0.275 e. The minimum absolute atomic E-state index is 0.158. The molecule has 5 rings (SSSR count). The topological polar surface area (TPSA) is 116 Å². The highest BCUT2D eigenvalue weighted by molar-refractivity contribution is 6.46. The zero-order chi connectivity index (χ0) is 28.3. The molecule has 1 unspecified atom stereocenters. The van der Waals surface area contributed by atoms with Crippen LogP contribution in [0.3, 0.4) is 0 Å². The van der Waals surface area contributed by atoms with Crippen LogP contribution in [-0.2, 0) is 11.3 Å². The largest absolute Gasteiger partial charge is 0.345 e. The second-order valence-electron chi connectivity index (χ2n) is 11.1. The number of hydrogen-bond acceptors (Lipinski definition) is 6. The number of tetrazole rings is 1. The zero-order valence-electron chi connectivity index (χ0n) is 23.2. The third-order valence-corrected chi connectivity index (χ3v) is 8.29. The number of aromatic nitrogens is 4. The molecule has 3 aromatic rings. The van der Waals surface area contributed by atoms with E-state index in [-0.39, 0.29) is 30.2 Å². The molecule has 2 heterocycles. The molecule has 2 aliphatic rings. The molecular weight excluding hydrogens is 509 g/mol. The summed E-state index contributed by atoms with van der Waals surface area (Å²) < 4.78 is 14.2. The number of H-pyrrole nitrogens is 1. The van der Waals surface area contributed by atoms with Gasteiger partial charge in [-0.25, -0.2) is 4.39 Å². The summed E-state index contributed by atoms with van der Waals surface area (Å²) in [7, 11) is 0. The second-order valence-corrected chi connectivity index (χ2v) is 11.1. The summed E-state index contributed by atoms with van der Waals surface area (Å²) in [6, 6.07) is 13.3. The number of carbonyl (C=O) groups is 2. The Balaban J connectivity index is 1.44. The Morgan fingerprint density at radius 3 is 2.55 bits per heavy atom. The Morgan fingerprint density at radius 1 is 1.18 bits per heavy atom. The third-order valence-electron chi connectivity index (χ3n) is 8.29. The molecular formula is C30H36FN7O2. The van der Waals surface area contributed by atoms with Crippen molar-refractivity contribution in [1.29, 1.82) is 0 Å². The van der Waals surface area contributed by atoms with E-state index in [9.17, 15) is 14.0 Å². The van der Waals surface area contributed by atoms with E-state index in [4.69, 9.17) is 4.99 Å². The number of benzene rings is 2. The molecule has 2 N–H and O–H groups in total. The van der Waals surface area contributed by atoms with Crippen LogP contribution < -0.4 is 5.32 Å². The van der Waals surface area contributed by atoms with Crippen molar-refractivity contribution < 1.29 is 14.0 Å². The first-order chi connectivity index (χ1) is 19.3. The number of nitrogens with one attached hydrogen (secondary N) is 2. The summed E-state index contributed by atoms with van der Waals surface area (Å²) in [6.07, 6.45) is 5.13. The van der Waals surface area contributed by atoms with Crippen molar-refractivity contribution >= 4 is 17.5 Å². The average molecular weight is 546 g/mol. The fraction of sp³-hybridized carbons (Fsp3) is 0.467. The molecule has 1 atom stereocenters. The van der Waals surface area contributed by atoms with E-state index in [1.54, 1.807) is 24.3 Å². The van der Waals surface area contributed by atoms with Crippen LogP contribution in [0.1, 0.15) is 92.6 Å². The average Bonchev–Trinajstić information content (AvgIpc) is 3.57. The Morgan fingerprint density at radius 2 is 1.93 bits per heavy atom. The van der Waals surface area contributed by atoms with Crippen LogP contribution in [0, 0.1) is 17.7 Å². The first-order valence-electron chi connectivity index (χ1n) is 14.1. The Bertz CT molecular complexity index is 1360. The molecule has 1 aliphatic heterocycles. The van der Waals surface area contributed by atoms with Crippen LogP contribution in [0.25, 0.3) is 0 Å². The van der Waals surface area contributed by atoms with Gasteiger partial charge in [0.25, 0.3) is 11.8 Å². The van der Waals surface area contributed by atoms with Gasteiger partial charge in [-0.1, -0.05) is 56.7 Å². The van der Waals surface area contributed by atoms with Crippen molar-refractivity contribution in [1.82, 2.24) is 30.8 Å². The number of aliphatic imine (C=N–C) groups is 1. The van der Waals surface area contributed by atoms with Crippen molar-refractivity contribution in [3.8, 4) is 0 Å². The lowest BCUT2D eigenvalue weighted by Crippen LogP contribution is -2.51.